The largest absolute Gasteiger partial charge is 0.934 e. The van der Waals surface area contributed by atoms with Gasteiger partial charge in [0.25, 0.3) is 0 Å². The van der Waals surface area contributed by atoms with E-state index in [1.807, 2.05) is 83.1 Å². The number of nitrogens with zero attached hydrogens (tertiary/aromatic N) is 7. The van der Waals surface area contributed by atoms with Crippen molar-refractivity contribution in [2.75, 3.05) is 33.1 Å². The molecule has 1 aliphatic rings. The van der Waals surface area contributed by atoms with Gasteiger partial charge in [0.15, 0.2) is 17.2 Å². The van der Waals surface area contributed by atoms with Crippen molar-refractivity contribution in [1.82, 2.24) is 45.6 Å². The van der Waals surface area contributed by atoms with Crippen LogP contribution in [0.1, 0.15) is 97.2 Å². The SMILES string of the molecule is CC/C=C(/C=C(\C=C(/C)NCCC#N)c1cc(C#N)ccc1-c1nncn1C)N(C)Cc1c(C=O)cc(CNC(C)CP(C)OCNC=O)cc1C(F)(F)F.CCCC1=[N+](B(F)F)/C(=C\c2ccc(-c3ccc[nH]3)[nH]2)C=C1. The number of nitrogens with one attached hydrogen (secondary N) is 5. The normalized spacial score (nSPS) is 14.2. The topological polar surface area (TPSA) is 196 Å². The number of hydrogen-bond donors (Lipinski definition) is 5. The van der Waals surface area contributed by atoms with Crippen LogP contribution in [0.2, 0.25) is 0 Å². The quantitative estimate of drug-likeness (QED) is 0.00676. The molecular formula is C55H64BF5N12O3P+. The van der Waals surface area contributed by atoms with E-state index in [4.69, 9.17) is 9.79 Å². The summed E-state index contributed by atoms with van der Waals surface area (Å²) in [7, 11) is 0.0330. The molecule has 0 bridgehead atoms. The number of aromatic amines is 2. The van der Waals surface area contributed by atoms with Gasteiger partial charge in [0.2, 0.25) is 6.41 Å². The first-order valence-corrected chi connectivity index (χ1v) is 26.7. The predicted molar refractivity (Wildman–Crippen MR) is 293 cm³/mol. The van der Waals surface area contributed by atoms with Crippen molar-refractivity contribution in [2.45, 2.75) is 78.7 Å². The maximum atomic E-state index is 14.7. The van der Waals surface area contributed by atoms with Gasteiger partial charge in [-0.1, -0.05) is 19.9 Å². The molecular weight excluding hydrogens is 1010 g/mol. The smallest absolute Gasteiger partial charge is 0.388 e. The molecule has 2 aromatic carbocycles. The highest BCUT2D eigenvalue weighted by Crippen LogP contribution is 2.37. The van der Waals surface area contributed by atoms with E-state index < -0.39 is 27.3 Å². The number of aldehydes is 1. The molecule has 77 heavy (non-hydrogen) atoms. The summed E-state index contributed by atoms with van der Waals surface area (Å²) >= 11 is 0. The number of aryl methyl sites for hydroxylation is 1. The molecule has 0 aliphatic carbocycles. The van der Waals surface area contributed by atoms with Crippen molar-refractivity contribution in [1.29, 1.82) is 10.5 Å². The number of carbonyl (C=O) groups excluding carboxylic acids is 2. The molecule has 6 rings (SSSR count). The zero-order valence-electron chi connectivity index (χ0n) is 44.2. The Bertz CT molecular complexity index is 3070. The van der Waals surface area contributed by atoms with Crippen molar-refractivity contribution in [2.24, 2.45) is 7.05 Å². The molecule has 1 aliphatic heterocycles. The minimum Gasteiger partial charge on any atom is -0.388 e. The van der Waals surface area contributed by atoms with Gasteiger partial charge in [-0.15, -0.1) is 10.2 Å². The Morgan fingerprint density at radius 2 is 1.87 bits per heavy atom. The monoisotopic (exact) mass is 1080 g/mol. The van der Waals surface area contributed by atoms with E-state index in [0.717, 1.165) is 34.1 Å². The third-order valence-corrected chi connectivity index (χ3v) is 13.7. The van der Waals surface area contributed by atoms with Crippen LogP contribution in [-0.4, -0.2) is 99.1 Å². The highest BCUT2D eigenvalue weighted by molar-refractivity contribution is 7.51. The molecule has 0 saturated carbocycles. The fourth-order valence-electron chi connectivity index (χ4n) is 8.40. The van der Waals surface area contributed by atoms with Crippen LogP contribution in [0.4, 0.5) is 21.8 Å². The zero-order chi connectivity index (χ0) is 56.1. The second-order valence-corrected chi connectivity index (χ2v) is 19.9. The molecule has 0 saturated heterocycles. The van der Waals surface area contributed by atoms with E-state index in [1.165, 1.54) is 6.07 Å². The number of allylic oxidation sites excluding steroid dienone is 7. The maximum absolute atomic E-state index is 14.7. The van der Waals surface area contributed by atoms with Crippen LogP contribution < -0.4 is 16.0 Å². The number of hydrogen-bond acceptors (Lipinski definition) is 10. The van der Waals surface area contributed by atoms with Gasteiger partial charge in [-0.3, -0.25) is 9.59 Å². The van der Waals surface area contributed by atoms with Gasteiger partial charge in [-0.25, -0.2) is 13.1 Å². The van der Waals surface area contributed by atoms with E-state index in [1.54, 1.807) is 66.3 Å². The van der Waals surface area contributed by atoms with Crippen LogP contribution in [-0.2, 0) is 35.6 Å². The molecule has 5 N–H and O–H groups in total. The zero-order valence-corrected chi connectivity index (χ0v) is 45.1. The highest BCUT2D eigenvalue weighted by Gasteiger charge is 2.41. The molecule has 0 radical (unpaired) electrons. The van der Waals surface area contributed by atoms with Crippen LogP contribution in [0.3, 0.4) is 0 Å². The molecule has 4 heterocycles. The fourth-order valence-corrected chi connectivity index (χ4v) is 9.70. The number of aromatic nitrogens is 5. The van der Waals surface area contributed by atoms with Crippen molar-refractivity contribution < 1.29 is 40.4 Å². The summed E-state index contributed by atoms with van der Waals surface area (Å²) in [6.07, 6.45) is 13.3. The van der Waals surface area contributed by atoms with Gasteiger partial charge in [0, 0.05) is 113 Å². The summed E-state index contributed by atoms with van der Waals surface area (Å²) in [6.45, 7) is 9.82. The van der Waals surface area contributed by atoms with Gasteiger partial charge in [0.1, 0.15) is 19.3 Å². The lowest BCUT2D eigenvalue weighted by molar-refractivity contribution is -0.342. The van der Waals surface area contributed by atoms with Gasteiger partial charge in [-0.05, 0) is 122 Å². The first kappa shape index (κ1) is 60.2. The van der Waals surface area contributed by atoms with Gasteiger partial charge in [-0.2, -0.15) is 23.7 Å². The van der Waals surface area contributed by atoms with Crippen LogP contribution >= 0.6 is 8.15 Å². The van der Waals surface area contributed by atoms with Crippen LogP contribution in [0.15, 0.2) is 115 Å². The molecule has 5 aromatic rings. The molecule has 0 fully saturated rings. The number of carbonyl (C=O) groups is 2. The van der Waals surface area contributed by atoms with E-state index in [-0.39, 0.29) is 43.4 Å². The highest BCUT2D eigenvalue weighted by atomic mass is 31.1. The standard InChI is InChI=1S/C39H47F3N9O3P.C16H16BF2N3/c1-7-9-33(18-31(14-27(2)46-13-8-12-43)35-16-29(19-44)10-11-34(35)38-49-48-24-51(38)5)50(4)21-36-32(22-52)15-30(17-37(36)39(40,41)42)20-47-28(3)23-55(6)54-26-45-25-53;1-2-4-13-7-8-14(22(13)17(18)19)11-12-6-9-16(21-12)15-5-3-10-20-15/h9-11,14-18,22,24-25,28,46-47H,7-8,13,20-21,23,26H2,1-6H3,(H,45,53);3,5-11H,2,4H2,1H3,(H,20,21)/p+1/b27-14+,31-18+,33-9-;. The second-order valence-electron chi connectivity index (χ2n) is 18.0. The minimum absolute atomic E-state index is 0.0732. The first-order valence-electron chi connectivity index (χ1n) is 24.8. The van der Waals surface area contributed by atoms with Crippen LogP contribution in [0.5, 0.6) is 0 Å². The number of likely N-dealkylation sites (N-methyl/N-ethyl adjacent to an activating group) is 1. The summed E-state index contributed by atoms with van der Waals surface area (Å²) in [4.78, 5) is 30.9. The third kappa shape index (κ3) is 17.4. The molecule has 1 amide bonds. The summed E-state index contributed by atoms with van der Waals surface area (Å²) in [5.74, 6) is 0.536. The average molecular weight is 1080 g/mol. The molecule has 22 heteroatoms. The number of rotatable bonds is 26. The molecule has 404 valence electrons. The fraction of sp³-hybridized carbons (Fsp3) is 0.327. The summed E-state index contributed by atoms with van der Waals surface area (Å²) < 4.78 is 79.2. The van der Waals surface area contributed by atoms with Gasteiger partial charge >= 0.3 is 13.6 Å². The minimum atomic E-state index is -4.75. The molecule has 2 atom stereocenters. The Balaban J connectivity index is 0.000000409. The Kier molecular flexibility index (Phi) is 23.1. The number of halogens is 5. The van der Waals surface area contributed by atoms with Crippen LogP contribution in [0, 0.1) is 22.7 Å². The average Bonchev–Trinajstić information content (AvgIpc) is 4.26. The molecule has 3 aromatic heterocycles. The summed E-state index contributed by atoms with van der Waals surface area (Å²) in [5, 5.41) is 36.1. The Labute approximate surface area is 448 Å². The molecule has 2 unspecified atom stereocenters. The number of H-pyrrole nitrogens is 2. The van der Waals surface area contributed by atoms with Crippen molar-refractivity contribution >= 4 is 45.6 Å². The lowest BCUT2D eigenvalue weighted by Crippen LogP contribution is -2.29. The summed E-state index contributed by atoms with van der Waals surface area (Å²) in [5.41, 5.74) is 6.62. The Morgan fingerprint density at radius 3 is 2.51 bits per heavy atom. The van der Waals surface area contributed by atoms with Crippen molar-refractivity contribution in [3.05, 3.63) is 154 Å². The Hall–Kier alpha value is -7.71. The molecule has 15 nitrogen and oxygen atoms in total. The first-order chi connectivity index (χ1) is 36.9. The predicted octanol–water partition coefficient (Wildman–Crippen LogP) is 10.7. The van der Waals surface area contributed by atoms with Crippen molar-refractivity contribution in [3.63, 3.8) is 0 Å². The van der Waals surface area contributed by atoms with E-state index in [9.17, 15) is 36.7 Å². The number of nitriles is 2. The van der Waals surface area contributed by atoms with E-state index in [2.05, 4.69) is 48.3 Å². The van der Waals surface area contributed by atoms with Gasteiger partial charge < -0.3 is 39.9 Å². The number of benzene rings is 2. The van der Waals surface area contributed by atoms with Gasteiger partial charge in [0.05, 0.1) is 41.1 Å². The second kappa shape index (κ2) is 29.6. The van der Waals surface area contributed by atoms with Crippen LogP contribution in [0.25, 0.3) is 34.4 Å². The molecule has 0 spiro atoms. The summed E-state index contributed by atoms with van der Waals surface area (Å²) in [6, 6.07) is 19.6. The maximum Gasteiger partial charge on any atom is 0.934 e. The lowest BCUT2D eigenvalue weighted by atomic mass is 9.94. The number of amides is 1. The third-order valence-electron chi connectivity index (χ3n) is 12.0. The van der Waals surface area contributed by atoms with Crippen molar-refractivity contribution in [3.8, 4) is 34.9 Å². The van der Waals surface area contributed by atoms with E-state index in [0.29, 0.717) is 94.7 Å². The Morgan fingerprint density at radius 1 is 1.08 bits per heavy atom. The number of alkyl halides is 3. The lowest BCUT2D eigenvalue weighted by Gasteiger charge is -2.26. The van der Waals surface area contributed by atoms with E-state index >= 15 is 0 Å².